The van der Waals surface area contributed by atoms with Gasteiger partial charge >= 0.3 is 0 Å². The molecule has 0 spiro atoms. The Morgan fingerprint density at radius 3 is 2.42 bits per heavy atom. The van der Waals surface area contributed by atoms with Crippen molar-refractivity contribution >= 4 is 28.5 Å². The zero-order valence-electron chi connectivity index (χ0n) is 18.2. The molecule has 0 aliphatic carbocycles. The summed E-state index contributed by atoms with van der Waals surface area (Å²) in [6, 6.07) is 7.99. The van der Waals surface area contributed by atoms with E-state index in [1.54, 1.807) is 48.1 Å². The van der Waals surface area contributed by atoms with E-state index in [9.17, 15) is 9.59 Å². The topological polar surface area (TPSA) is 104 Å². The maximum atomic E-state index is 13.0. The summed E-state index contributed by atoms with van der Waals surface area (Å²) in [5.41, 5.74) is 1.05. The molecule has 164 valence electrons. The zero-order valence-corrected chi connectivity index (χ0v) is 18.2. The van der Waals surface area contributed by atoms with Gasteiger partial charge in [-0.1, -0.05) is 13.0 Å². The van der Waals surface area contributed by atoms with Crippen LogP contribution in [0.3, 0.4) is 0 Å². The molecule has 0 aliphatic rings. The van der Waals surface area contributed by atoms with Gasteiger partial charge in [0.05, 0.1) is 26.8 Å². The number of rotatable bonds is 8. The molecule has 0 aliphatic heterocycles. The summed E-state index contributed by atoms with van der Waals surface area (Å²) in [5, 5.41) is 6.25. The molecule has 0 fully saturated rings. The van der Waals surface area contributed by atoms with Crippen LogP contribution >= 0.6 is 0 Å². The Morgan fingerprint density at radius 2 is 1.84 bits per heavy atom. The summed E-state index contributed by atoms with van der Waals surface area (Å²) in [4.78, 5) is 29.7. The van der Waals surface area contributed by atoms with Crippen molar-refractivity contribution in [2.24, 2.45) is 7.05 Å². The Balaban J connectivity index is 1.91. The average molecular weight is 426 g/mol. The van der Waals surface area contributed by atoms with Gasteiger partial charge < -0.3 is 29.4 Å². The third-order valence-corrected chi connectivity index (χ3v) is 5.00. The smallest absolute Gasteiger partial charge is 0.268 e. The van der Waals surface area contributed by atoms with Gasteiger partial charge in [0.15, 0.2) is 11.5 Å². The number of nitrogens with one attached hydrogen (secondary N) is 2. The van der Waals surface area contributed by atoms with Crippen molar-refractivity contribution in [1.82, 2.24) is 14.9 Å². The molecule has 0 unspecified atom stereocenters. The van der Waals surface area contributed by atoms with Gasteiger partial charge in [0.2, 0.25) is 11.7 Å². The molecule has 0 radical (unpaired) electrons. The molecular weight excluding hydrogens is 400 g/mol. The Kier molecular flexibility index (Phi) is 6.64. The average Bonchev–Trinajstić information content (AvgIpc) is 3.12. The van der Waals surface area contributed by atoms with Crippen molar-refractivity contribution < 1.29 is 23.8 Å². The summed E-state index contributed by atoms with van der Waals surface area (Å²) in [6.45, 7) is 1.82. The van der Waals surface area contributed by atoms with Crippen molar-refractivity contribution in [2.75, 3.05) is 26.6 Å². The standard InChI is InChI=1S/C22H26N4O5/c1-6-14(21(27)25-17-9-7-8-10-23-17)24-22(28)15-11-13-12-16(29-3)19(30-4)20(31-5)18(13)26(15)2/h7-12,14H,6H2,1-5H3,(H,24,28)(H,23,25,27)/t14-/m1/s1. The van der Waals surface area contributed by atoms with Crippen LogP contribution in [0.25, 0.3) is 10.9 Å². The molecule has 0 saturated carbocycles. The second-order valence-electron chi connectivity index (χ2n) is 6.81. The Labute approximate surface area is 180 Å². The van der Waals surface area contributed by atoms with Crippen LogP contribution < -0.4 is 24.8 Å². The number of methoxy groups -OCH3 is 3. The lowest BCUT2D eigenvalue weighted by Gasteiger charge is -2.17. The van der Waals surface area contributed by atoms with Crippen molar-refractivity contribution in [3.05, 3.63) is 42.2 Å². The largest absolute Gasteiger partial charge is 0.493 e. The first-order chi connectivity index (χ1) is 14.9. The highest BCUT2D eigenvalue weighted by atomic mass is 16.5. The third-order valence-electron chi connectivity index (χ3n) is 5.00. The number of hydrogen-bond donors (Lipinski definition) is 2. The first kappa shape index (κ1) is 21.9. The van der Waals surface area contributed by atoms with Crippen LogP contribution in [0.4, 0.5) is 5.82 Å². The molecule has 1 atom stereocenters. The van der Waals surface area contributed by atoms with Crippen LogP contribution in [0.15, 0.2) is 36.5 Å². The molecule has 3 rings (SSSR count). The second kappa shape index (κ2) is 9.38. The van der Waals surface area contributed by atoms with Crippen LogP contribution in [-0.2, 0) is 11.8 Å². The van der Waals surface area contributed by atoms with Crippen LogP contribution in [0, 0.1) is 0 Å². The highest BCUT2D eigenvalue weighted by molar-refractivity contribution is 6.04. The second-order valence-corrected chi connectivity index (χ2v) is 6.81. The highest BCUT2D eigenvalue weighted by Crippen LogP contribution is 2.44. The Hall–Kier alpha value is -3.75. The monoisotopic (exact) mass is 426 g/mol. The summed E-state index contributed by atoms with van der Waals surface area (Å²) in [5.74, 6) is 1.08. The molecule has 2 N–H and O–H groups in total. The summed E-state index contributed by atoms with van der Waals surface area (Å²) in [7, 11) is 6.33. The summed E-state index contributed by atoms with van der Waals surface area (Å²) in [6.07, 6.45) is 2.00. The van der Waals surface area contributed by atoms with Gasteiger partial charge in [0.25, 0.3) is 5.91 Å². The molecule has 0 bridgehead atoms. The number of ether oxygens (including phenoxy) is 3. The third kappa shape index (κ3) is 4.25. The summed E-state index contributed by atoms with van der Waals surface area (Å²) >= 11 is 0. The molecule has 3 aromatic rings. The Morgan fingerprint density at radius 1 is 1.10 bits per heavy atom. The number of aryl methyl sites for hydroxylation is 1. The van der Waals surface area contributed by atoms with E-state index in [-0.39, 0.29) is 11.8 Å². The van der Waals surface area contributed by atoms with Crippen molar-refractivity contribution in [1.29, 1.82) is 0 Å². The molecule has 2 heterocycles. The lowest BCUT2D eigenvalue weighted by molar-refractivity contribution is -0.118. The molecular formula is C22H26N4O5. The predicted molar refractivity (Wildman–Crippen MR) is 117 cm³/mol. The lowest BCUT2D eigenvalue weighted by Crippen LogP contribution is -2.43. The number of fused-ring (bicyclic) bond motifs is 1. The molecule has 31 heavy (non-hydrogen) atoms. The van der Waals surface area contributed by atoms with Crippen molar-refractivity contribution in [3.8, 4) is 17.2 Å². The van der Waals surface area contributed by atoms with Crippen molar-refractivity contribution in [3.63, 3.8) is 0 Å². The number of carbonyl (C=O) groups excluding carboxylic acids is 2. The van der Waals surface area contributed by atoms with Gasteiger partial charge in [-0.15, -0.1) is 0 Å². The fourth-order valence-electron chi connectivity index (χ4n) is 3.43. The number of carbonyl (C=O) groups is 2. The van der Waals surface area contributed by atoms with Crippen LogP contribution in [0.5, 0.6) is 17.2 Å². The lowest BCUT2D eigenvalue weighted by atomic mass is 10.2. The van der Waals surface area contributed by atoms with E-state index in [0.717, 1.165) is 5.39 Å². The van der Waals surface area contributed by atoms with E-state index in [0.29, 0.717) is 40.7 Å². The number of pyridine rings is 1. The number of aromatic nitrogens is 2. The number of hydrogen-bond acceptors (Lipinski definition) is 6. The Bertz CT molecular complexity index is 1090. The molecule has 1 aromatic carbocycles. The van der Waals surface area contributed by atoms with Crippen LogP contribution in [-0.4, -0.2) is 48.7 Å². The normalized spacial score (nSPS) is 11.6. The van der Waals surface area contributed by atoms with Gasteiger partial charge in [-0.25, -0.2) is 4.98 Å². The predicted octanol–water partition coefficient (Wildman–Crippen LogP) is 2.75. The number of nitrogens with zero attached hydrogens (tertiary/aromatic N) is 2. The SMILES string of the molecule is CC[C@@H](NC(=O)c1cc2cc(OC)c(OC)c(OC)c2n1C)C(=O)Nc1ccccn1. The number of anilines is 1. The first-order valence-corrected chi connectivity index (χ1v) is 9.76. The van der Waals surface area contributed by atoms with E-state index in [2.05, 4.69) is 15.6 Å². The van der Waals surface area contributed by atoms with Gasteiger partial charge in [-0.2, -0.15) is 0 Å². The summed E-state index contributed by atoms with van der Waals surface area (Å²) < 4.78 is 18.1. The molecule has 9 heteroatoms. The first-order valence-electron chi connectivity index (χ1n) is 9.76. The molecule has 0 saturated heterocycles. The van der Waals surface area contributed by atoms with E-state index < -0.39 is 6.04 Å². The van der Waals surface area contributed by atoms with Gasteiger partial charge in [-0.3, -0.25) is 9.59 Å². The van der Waals surface area contributed by atoms with Gasteiger partial charge in [-0.05, 0) is 30.7 Å². The molecule has 9 nitrogen and oxygen atoms in total. The van der Waals surface area contributed by atoms with Crippen LogP contribution in [0.2, 0.25) is 0 Å². The minimum Gasteiger partial charge on any atom is -0.493 e. The minimum atomic E-state index is -0.724. The van der Waals surface area contributed by atoms with Gasteiger partial charge in [0.1, 0.15) is 17.6 Å². The van der Waals surface area contributed by atoms with Gasteiger partial charge in [0, 0.05) is 18.6 Å². The van der Waals surface area contributed by atoms with E-state index in [1.807, 2.05) is 6.92 Å². The fourth-order valence-corrected chi connectivity index (χ4v) is 3.43. The van der Waals surface area contributed by atoms with E-state index >= 15 is 0 Å². The zero-order chi connectivity index (χ0) is 22.5. The van der Waals surface area contributed by atoms with E-state index in [4.69, 9.17) is 14.2 Å². The van der Waals surface area contributed by atoms with E-state index in [1.165, 1.54) is 21.3 Å². The molecule has 2 aromatic heterocycles. The maximum absolute atomic E-state index is 13.0. The fraction of sp³-hybridized carbons (Fsp3) is 0.318. The molecule has 2 amide bonds. The minimum absolute atomic E-state index is 0.339. The number of benzene rings is 1. The maximum Gasteiger partial charge on any atom is 0.268 e. The van der Waals surface area contributed by atoms with Crippen LogP contribution in [0.1, 0.15) is 23.8 Å². The highest BCUT2D eigenvalue weighted by Gasteiger charge is 2.25. The number of amides is 2. The quantitative estimate of drug-likeness (QED) is 0.574. The van der Waals surface area contributed by atoms with Crippen molar-refractivity contribution in [2.45, 2.75) is 19.4 Å².